The molecule has 0 bridgehead atoms. The van der Waals surface area contributed by atoms with Crippen LogP contribution in [0.25, 0.3) is 21.9 Å². The highest BCUT2D eigenvalue weighted by Crippen LogP contribution is 2.38. The van der Waals surface area contributed by atoms with Crippen LogP contribution >= 0.6 is 0 Å². The zero-order chi connectivity index (χ0) is 23.9. The maximum absolute atomic E-state index is 9.31. The Hall–Kier alpha value is -3.10. The van der Waals surface area contributed by atoms with Crippen molar-refractivity contribution in [2.45, 2.75) is 58.0 Å². The molecule has 5 heterocycles. The lowest BCUT2D eigenvalue weighted by molar-refractivity contribution is 0.173. The molecule has 8 nitrogen and oxygen atoms in total. The van der Waals surface area contributed by atoms with Crippen molar-refractivity contribution in [3.05, 3.63) is 48.0 Å². The lowest BCUT2D eigenvalue weighted by Crippen LogP contribution is -2.35. The van der Waals surface area contributed by atoms with Crippen LogP contribution in [0.5, 0.6) is 0 Å². The molecular formula is C27H33N7O. The molecule has 0 radical (unpaired) electrons. The molecule has 0 aromatic carbocycles. The van der Waals surface area contributed by atoms with Gasteiger partial charge in [0.15, 0.2) is 0 Å². The van der Waals surface area contributed by atoms with Crippen LogP contribution in [0.4, 0.5) is 11.8 Å². The molecule has 1 atom stereocenters. The summed E-state index contributed by atoms with van der Waals surface area (Å²) in [6.45, 7) is 7.15. The molecular weight excluding hydrogens is 438 g/mol. The van der Waals surface area contributed by atoms with Crippen molar-refractivity contribution in [2.24, 2.45) is 5.92 Å². The summed E-state index contributed by atoms with van der Waals surface area (Å²) in [5.74, 6) is 2.43. The van der Waals surface area contributed by atoms with E-state index in [0.717, 1.165) is 52.5 Å². The standard InChI is InChI=1S/C27H33N7O/c1-17-3-6-20(7-4-17)34-23-14-28-10-9-21(23)22-13-29-27(32-26(22)34)31-24-8-5-19-16-33(11-12-35)15-18(2)25(19)30-24/h5,8-10,13-14,17-18,20,35H,3-4,6-7,11-12,15-16H2,1-2H3,(H,29,30,31,32)/t17?,18-,20?/m0/s1. The number of fused-ring (bicyclic) bond motifs is 4. The molecule has 0 saturated heterocycles. The first kappa shape index (κ1) is 22.4. The zero-order valence-electron chi connectivity index (χ0n) is 20.5. The fourth-order valence-electron chi connectivity index (χ4n) is 5.94. The van der Waals surface area contributed by atoms with E-state index in [1.54, 1.807) is 0 Å². The number of aliphatic hydroxyl groups excluding tert-OH is 1. The van der Waals surface area contributed by atoms with Gasteiger partial charge in [-0.2, -0.15) is 4.98 Å². The third-order valence-electron chi connectivity index (χ3n) is 7.76. The van der Waals surface area contributed by atoms with Crippen LogP contribution in [0.1, 0.15) is 62.7 Å². The Bertz CT molecular complexity index is 1360. The Labute approximate surface area is 205 Å². The van der Waals surface area contributed by atoms with E-state index in [-0.39, 0.29) is 6.61 Å². The highest BCUT2D eigenvalue weighted by atomic mass is 16.3. The zero-order valence-corrected chi connectivity index (χ0v) is 20.5. The summed E-state index contributed by atoms with van der Waals surface area (Å²) >= 11 is 0. The first-order chi connectivity index (χ1) is 17.1. The largest absolute Gasteiger partial charge is 0.395 e. The molecule has 182 valence electrons. The van der Waals surface area contributed by atoms with Crippen LogP contribution < -0.4 is 5.32 Å². The predicted molar refractivity (Wildman–Crippen MR) is 138 cm³/mol. The number of anilines is 2. The molecule has 0 spiro atoms. The molecule has 1 aliphatic heterocycles. The van der Waals surface area contributed by atoms with Crippen LogP contribution in [-0.2, 0) is 6.54 Å². The molecule has 8 heteroatoms. The van der Waals surface area contributed by atoms with Crippen LogP contribution in [-0.4, -0.2) is 54.2 Å². The van der Waals surface area contributed by atoms with Gasteiger partial charge in [-0.1, -0.05) is 19.9 Å². The van der Waals surface area contributed by atoms with Crippen molar-refractivity contribution in [3.8, 4) is 0 Å². The van der Waals surface area contributed by atoms with E-state index in [4.69, 9.17) is 9.97 Å². The Kier molecular flexibility index (Phi) is 5.86. The molecule has 1 saturated carbocycles. The maximum Gasteiger partial charge on any atom is 0.230 e. The lowest BCUT2D eigenvalue weighted by atomic mass is 9.87. The Morgan fingerprint density at radius 3 is 2.71 bits per heavy atom. The molecule has 0 unspecified atom stereocenters. The van der Waals surface area contributed by atoms with E-state index in [0.29, 0.717) is 24.5 Å². The third-order valence-corrected chi connectivity index (χ3v) is 7.76. The number of aliphatic hydroxyl groups is 1. The highest BCUT2D eigenvalue weighted by molar-refractivity contribution is 6.06. The molecule has 2 aliphatic rings. The normalized spacial score (nSPS) is 23.0. The SMILES string of the molecule is CC1CCC(n2c3cnccc3c3cnc(Nc4ccc5c(n4)[C@@H](C)CN(CCO)C5)nc32)CC1. The van der Waals surface area contributed by atoms with Gasteiger partial charge in [0.2, 0.25) is 5.95 Å². The van der Waals surface area contributed by atoms with Crippen molar-refractivity contribution >= 4 is 33.7 Å². The molecule has 1 aliphatic carbocycles. The Morgan fingerprint density at radius 1 is 1.03 bits per heavy atom. The summed E-state index contributed by atoms with van der Waals surface area (Å²) < 4.78 is 2.40. The van der Waals surface area contributed by atoms with Crippen molar-refractivity contribution < 1.29 is 5.11 Å². The molecule has 1 fully saturated rings. The number of hydrogen-bond acceptors (Lipinski definition) is 7. The minimum Gasteiger partial charge on any atom is -0.395 e. The quantitative estimate of drug-likeness (QED) is 0.433. The topological polar surface area (TPSA) is 92.0 Å². The number of rotatable bonds is 5. The summed E-state index contributed by atoms with van der Waals surface area (Å²) in [7, 11) is 0. The number of β-amino-alcohol motifs (C(OH)–C–C–N with tert-alkyl or cyclic N) is 1. The van der Waals surface area contributed by atoms with E-state index >= 15 is 0 Å². The van der Waals surface area contributed by atoms with Gasteiger partial charge < -0.3 is 15.0 Å². The van der Waals surface area contributed by atoms with Crippen LogP contribution in [0.3, 0.4) is 0 Å². The second kappa shape index (κ2) is 9.17. The predicted octanol–water partition coefficient (Wildman–Crippen LogP) is 4.78. The first-order valence-electron chi connectivity index (χ1n) is 12.8. The lowest BCUT2D eigenvalue weighted by Gasteiger charge is -2.32. The molecule has 35 heavy (non-hydrogen) atoms. The van der Waals surface area contributed by atoms with Gasteiger partial charge >= 0.3 is 0 Å². The van der Waals surface area contributed by atoms with E-state index in [2.05, 4.69) is 50.7 Å². The summed E-state index contributed by atoms with van der Waals surface area (Å²) in [4.78, 5) is 21.3. The smallest absolute Gasteiger partial charge is 0.230 e. The fourth-order valence-corrected chi connectivity index (χ4v) is 5.94. The maximum atomic E-state index is 9.31. The van der Waals surface area contributed by atoms with E-state index in [1.165, 1.54) is 31.2 Å². The Morgan fingerprint density at radius 2 is 1.89 bits per heavy atom. The molecule has 0 amide bonds. The average Bonchev–Trinajstić information content (AvgIpc) is 3.19. The van der Waals surface area contributed by atoms with Gasteiger partial charge in [0, 0.05) is 54.8 Å². The average molecular weight is 472 g/mol. The fraction of sp³-hybridized carbons (Fsp3) is 0.481. The summed E-state index contributed by atoms with van der Waals surface area (Å²) in [6.07, 6.45) is 10.6. The van der Waals surface area contributed by atoms with Gasteiger partial charge in [-0.3, -0.25) is 9.88 Å². The molecule has 4 aromatic heterocycles. The van der Waals surface area contributed by atoms with Crippen molar-refractivity contribution in [1.82, 2.24) is 29.4 Å². The van der Waals surface area contributed by atoms with E-state index in [9.17, 15) is 5.11 Å². The molecule has 2 N–H and O–H groups in total. The van der Waals surface area contributed by atoms with Crippen LogP contribution in [0.2, 0.25) is 0 Å². The summed E-state index contributed by atoms with van der Waals surface area (Å²) in [5, 5.41) is 14.9. The summed E-state index contributed by atoms with van der Waals surface area (Å²) in [6, 6.07) is 6.64. The van der Waals surface area contributed by atoms with E-state index in [1.807, 2.05) is 24.7 Å². The molecule has 4 aromatic rings. The number of aromatic nitrogens is 5. The van der Waals surface area contributed by atoms with E-state index < -0.39 is 0 Å². The van der Waals surface area contributed by atoms with Crippen LogP contribution in [0.15, 0.2) is 36.8 Å². The monoisotopic (exact) mass is 471 g/mol. The highest BCUT2D eigenvalue weighted by Gasteiger charge is 2.26. The second-order valence-electron chi connectivity index (χ2n) is 10.3. The number of nitrogens with zero attached hydrogens (tertiary/aromatic N) is 6. The Balaban J connectivity index is 1.35. The second-order valence-corrected chi connectivity index (χ2v) is 10.3. The van der Waals surface area contributed by atoms with Gasteiger partial charge in [-0.25, -0.2) is 9.97 Å². The van der Waals surface area contributed by atoms with Crippen molar-refractivity contribution in [1.29, 1.82) is 0 Å². The van der Waals surface area contributed by atoms with Crippen molar-refractivity contribution in [3.63, 3.8) is 0 Å². The first-order valence-corrected chi connectivity index (χ1v) is 12.8. The van der Waals surface area contributed by atoms with Gasteiger partial charge in [0.05, 0.1) is 24.0 Å². The number of hydrogen-bond donors (Lipinski definition) is 2. The molecule has 6 rings (SSSR count). The van der Waals surface area contributed by atoms with Crippen molar-refractivity contribution in [2.75, 3.05) is 25.0 Å². The third kappa shape index (κ3) is 4.15. The minimum atomic E-state index is 0.182. The van der Waals surface area contributed by atoms with Gasteiger partial charge in [-0.15, -0.1) is 0 Å². The van der Waals surface area contributed by atoms with Gasteiger partial charge in [0.1, 0.15) is 11.5 Å². The minimum absolute atomic E-state index is 0.182. The number of pyridine rings is 2. The van der Waals surface area contributed by atoms with Crippen LogP contribution in [0, 0.1) is 5.92 Å². The summed E-state index contributed by atoms with van der Waals surface area (Å²) in [5.41, 5.74) is 4.44. The van der Waals surface area contributed by atoms with Gasteiger partial charge in [-0.05, 0) is 49.3 Å². The van der Waals surface area contributed by atoms with Gasteiger partial charge in [0.25, 0.3) is 0 Å². The number of nitrogens with one attached hydrogen (secondary N) is 1.